The van der Waals surface area contributed by atoms with Crippen molar-refractivity contribution in [2.75, 3.05) is 6.26 Å². The first kappa shape index (κ1) is 8.88. The molecule has 0 saturated heterocycles. The second-order valence-corrected chi connectivity index (χ2v) is 3.50. The zero-order chi connectivity index (χ0) is 8.43. The minimum absolute atomic E-state index is 0.234. The lowest BCUT2D eigenvalue weighted by Crippen LogP contribution is -1.84. The number of benzene rings is 1. The van der Waals surface area contributed by atoms with Crippen LogP contribution in [0.5, 0.6) is 0 Å². The van der Waals surface area contributed by atoms with Gasteiger partial charge in [0.1, 0.15) is 5.82 Å². The van der Waals surface area contributed by atoms with E-state index in [0.717, 1.165) is 4.90 Å². The van der Waals surface area contributed by atoms with E-state index in [1.165, 1.54) is 17.8 Å². The first-order valence-corrected chi connectivity index (χ1v) is 4.75. The molecular weight excluding hydrogens is 183 g/mol. The summed E-state index contributed by atoms with van der Waals surface area (Å²) in [5.74, 6) is -0.234. The molecule has 0 bridgehead atoms. The molecular formula is C8H8ClFS. The molecule has 0 N–H and O–H groups in total. The van der Waals surface area contributed by atoms with Gasteiger partial charge in [0.25, 0.3) is 0 Å². The normalized spacial score (nSPS) is 10.2. The molecule has 0 aliphatic heterocycles. The molecule has 0 unspecified atom stereocenters. The molecule has 0 saturated carbocycles. The summed E-state index contributed by atoms with van der Waals surface area (Å²) in [7, 11) is 0. The number of halogens is 2. The van der Waals surface area contributed by atoms with E-state index >= 15 is 0 Å². The van der Waals surface area contributed by atoms with Crippen LogP contribution in [0, 0.1) is 12.7 Å². The molecule has 0 fully saturated rings. The van der Waals surface area contributed by atoms with Gasteiger partial charge in [0.15, 0.2) is 0 Å². The fourth-order valence-electron chi connectivity index (χ4n) is 0.740. The Labute approximate surface area is 74.8 Å². The van der Waals surface area contributed by atoms with Gasteiger partial charge in [0.2, 0.25) is 0 Å². The summed E-state index contributed by atoms with van der Waals surface area (Å²) in [4.78, 5) is 0.859. The summed E-state index contributed by atoms with van der Waals surface area (Å²) in [6.45, 7) is 1.67. The lowest BCUT2D eigenvalue weighted by atomic mass is 10.2. The van der Waals surface area contributed by atoms with Crippen molar-refractivity contribution < 1.29 is 4.39 Å². The van der Waals surface area contributed by atoms with Crippen molar-refractivity contribution in [3.05, 3.63) is 28.5 Å². The van der Waals surface area contributed by atoms with Crippen LogP contribution in [0.4, 0.5) is 4.39 Å². The van der Waals surface area contributed by atoms with Crippen LogP contribution in [-0.2, 0) is 0 Å². The maximum atomic E-state index is 12.9. The van der Waals surface area contributed by atoms with Gasteiger partial charge in [0, 0.05) is 15.5 Å². The highest BCUT2D eigenvalue weighted by molar-refractivity contribution is 7.98. The summed E-state index contributed by atoms with van der Waals surface area (Å²) in [5.41, 5.74) is 0.518. The van der Waals surface area contributed by atoms with E-state index in [4.69, 9.17) is 11.6 Å². The van der Waals surface area contributed by atoms with E-state index in [-0.39, 0.29) is 5.82 Å². The van der Waals surface area contributed by atoms with E-state index in [1.807, 2.05) is 6.26 Å². The summed E-state index contributed by atoms with van der Waals surface area (Å²) >= 11 is 7.23. The van der Waals surface area contributed by atoms with E-state index in [9.17, 15) is 4.39 Å². The average Bonchev–Trinajstić information content (AvgIpc) is 1.99. The number of hydrogen-bond donors (Lipinski definition) is 0. The minimum atomic E-state index is -0.234. The summed E-state index contributed by atoms with van der Waals surface area (Å²) < 4.78 is 12.9. The monoisotopic (exact) mass is 190 g/mol. The third-order valence-electron chi connectivity index (χ3n) is 1.49. The largest absolute Gasteiger partial charge is 0.207 e. The van der Waals surface area contributed by atoms with Crippen molar-refractivity contribution in [3.63, 3.8) is 0 Å². The maximum Gasteiger partial charge on any atom is 0.128 e. The van der Waals surface area contributed by atoms with Crippen LogP contribution < -0.4 is 0 Å². The number of rotatable bonds is 1. The molecule has 0 radical (unpaired) electrons. The quantitative estimate of drug-likeness (QED) is 0.611. The van der Waals surface area contributed by atoms with Crippen molar-refractivity contribution in [3.8, 4) is 0 Å². The molecule has 1 rings (SSSR count). The Hall–Kier alpha value is -0.210. The van der Waals surface area contributed by atoms with Crippen LogP contribution in [0.15, 0.2) is 17.0 Å². The fraction of sp³-hybridized carbons (Fsp3) is 0.250. The van der Waals surface area contributed by atoms with E-state index in [1.54, 1.807) is 13.0 Å². The van der Waals surface area contributed by atoms with Gasteiger partial charge in [-0.25, -0.2) is 4.39 Å². The SMILES string of the molecule is CSc1cc(F)c(C)c(Cl)c1. The highest BCUT2D eigenvalue weighted by atomic mass is 35.5. The maximum absolute atomic E-state index is 12.9. The molecule has 3 heteroatoms. The van der Waals surface area contributed by atoms with Gasteiger partial charge in [-0.15, -0.1) is 11.8 Å². The van der Waals surface area contributed by atoms with Crippen LogP contribution in [0.25, 0.3) is 0 Å². The smallest absolute Gasteiger partial charge is 0.128 e. The van der Waals surface area contributed by atoms with Crippen molar-refractivity contribution in [2.24, 2.45) is 0 Å². The standard InChI is InChI=1S/C8H8ClFS/c1-5-7(9)3-6(11-2)4-8(5)10/h3-4H,1-2H3. The van der Waals surface area contributed by atoms with Gasteiger partial charge in [-0.3, -0.25) is 0 Å². The molecule has 0 aromatic heterocycles. The summed E-state index contributed by atoms with van der Waals surface area (Å²) in [5, 5.41) is 0.495. The van der Waals surface area contributed by atoms with Crippen molar-refractivity contribution >= 4 is 23.4 Å². The molecule has 1 aromatic carbocycles. The number of hydrogen-bond acceptors (Lipinski definition) is 1. The van der Waals surface area contributed by atoms with Gasteiger partial charge < -0.3 is 0 Å². The predicted octanol–water partition coefficient (Wildman–Crippen LogP) is 3.51. The van der Waals surface area contributed by atoms with E-state index in [2.05, 4.69) is 0 Å². The zero-order valence-corrected chi connectivity index (χ0v) is 7.89. The lowest BCUT2D eigenvalue weighted by molar-refractivity contribution is 0.615. The summed E-state index contributed by atoms with van der Waals surface area (Å²) in [6, 6.07) is 3.26. The average molecular weight is 191 g/mol. The predicted molar refractivity (Wildman–Crippen MR) is 47.9 cm³/mol. The molecule has 0 aliphatic carbocycles. The second kappa shape index (κ2) is 3.46. The highest BCUT2D eigenvalue weighted by Crippen LogP contribution is 2.25. The van der Waals surface area contributed by atoms with Crippen molar-refractivity contribution in [2.45, 2.75) is 11.8 Å². The molecule has 11 heavy (non-hydrogen) atoms. The summed E-state index contributed by atoms with van der Waals surface area (Å²) in [6.07, 6.45) is 1.89. The Bertz CT molecular complexity index is 250. The second-order valence-electron chi connectivity index (χ2n) is 2.22. The lowest BCUT2D eigenvalue weighted by Gasteiger charge is -2.01. The third kappa shape index (κ3) is 1.88. The van der Waals surface area contributed by atoms with Crippen molar-refractivity contribution in [1.29, 1.82) is 0 Å². The van der Waals surface area contributed by atoms with Gasteiger partial charge in [-0.1, -0.05) is 11.6 Å². The fourth-order valence-corrected chi connectivity index (χ4v) is 1.47. The Balaban J connectivity index is 3.21. The minimum Gasteiger partial charge on any atom is -0.207 e. The topological polar surface area (TPSA) is 0 Å². The Kier molecular flexibility index (Phi) is 2.79. The molecule has 0 heterocycles. The molecule has 0 atom stereocenters. The van der Waals surface area contributed by atoms with E-state index < -0.39 is 0 Å². The first-order chi connectivity index (χ1) is 5.15. The Morgan fingerprint density at radius 1 is 1.45 bits per heavy atom. The van der Waals surface area contributed by atoms with Crippen LogP contribution in [0.2, 0.25) is 5.02 Å². The Morgan fingerprint density at radius 2 is 2.09 bits per heavy atom. The van der Waals surface area contributed by atoms with Gasteiger partial charge >= 0.3 is 0 Å². The number of thioether (sulfide) groups is 1. The van der Waals surface area contributed by atoms with Gasteiger partial charge in [0.05, 0.1) is 0 Å². The van der Waals surface area contributed by atoms with Crippen LogP contribution >= 0.6 is 23.4 Å². The van der Waals surface area contributed by atoms with Crippen molar-refractivity contribution in [1.82, 2.24) is 0 Å². The first-order valence-electron chi connectivity index (χ1n) is 3.15. The Morgan fingerprint density at radius 3 is 2.55 bits per heavy atom. The van der Waals surface area contributed by atoms with Gasteiger partial charge in [-0.2, -0.15) is 0 Å². The van der Waals surface area contributed by atoms with E-state index in [0.29, 0.717) is 10.6 Å². The third-order valence-corrected chi connectivity index (χ3v) is 2.59. The highest BCUT2D eigenvalue weighted by Gasteiger charge is 2.03. The zero-order valence-electron chi connectivity index (χ0n) is 6.32. The van der Waals surface area contributed by atoms with Gasteiger partial charge in [-0.05, 0) is 25.3 Å². The van der Waals surface area contributed by atoms with Crippen LogP contribution in [0.1, 0.15) is 5.56 Å². The molecule has 0 amide bonds. The van der Waals surface area contributed by atoms with Crippen LogP contribution in [0.3, 0.4) is 0 Å². The molecule has 1 aromatic rings. The molecule has 0 aliphatic rings. The molecule has 60 valence electrons. The van der Waals surface area contributed by atoms with Crippen LogP contribution in [-0.4, -0.2) is 6.26 Å². The molecule has 0 nitrogen and oxygen atoms in total. The molecule has 0 spiro atoms.